The van der Waals surface area contributed by atoms with Crippen molar-refractivity contribution in [2.24, 2.45) is 5.92 Å². The summed E-state index contributed by atoms with van der Waals surface area (Å²) in [4.78, 5) is 10.9. The third-order valence-corrected chi connectivity index (χ3v) is 4.27. The number of benzene rings is 1. The number of hydrogen-bond donors (Lipinski definition) is 2. The standard InChI is InChI=1S/C14H17Cl2NO2/c15-11-3-6-13(16)10(7-11)8-17-12-4-1-9(2-5-12)14(18)19/h3,6-7,9,12,17H,1-2,4-5,8H2,(H,18,19). The quantitative estimate of drug-likeness (QED) is 0.891. The van der Waals surface area contributed by atoms with Crippen LogP contribution in [0.1, 0.15) is 31.2 Å². The fraction of sp³-hybridized carbons (Fsp3) is 0.500. The first-order valence-electron chi connectivity index (χ1n) is 6.46. The van der Waals surface area contributed by atoms with Crippen molar-refractivity contribution in [2.75, 3.05) is 0 Å². The summed E-state index contributed by atoms with van der Waals surface area (Å²) in [6, 6.07) is 5.79. The van der Waals surface area contributed by atoms with E-state index in [1.54, 1.807) is 12.1 Å². The minimum absolute atomic E-state index is 0.173. The minimum Gasteiger partial charge on any atom is -0.481 e. The fourth-order valence-corrected chi connectivity index (χ4v) is 2.86. The molecule has 1 fully saturated rings. The number of nitrogens with one attached hydrogen (secondary N) is 1. The van der Waals surface area contributed by atoms with Gasteiger partial charge in [0.1, 0.15) is 0 Å². The van der Waals surface area contributed by atoms with Crippen LogP contribution in [-0.2, 0) is 11.3 Å². The molecule has 3 nitrogen and oxygen atoms in total. The largest absolute Gasteiger partial charge is 0.481 e. The van der Waals surface area contributed by atoms with Gasteiger partial charge in [-0.3, -0.25) is 4.79 Å². The highest BCUT2D eigenvalue weighted by Gasteiger charge is 2.25. The molecule has 1 aromatic carbocycles. The first-order valence-corrected chi connectivity index (χ1v) is 7.22. The van der Waals surface area contributed by atoms with E-state index in [4.69, 9.17) is 28.3 Å². The van der Waals surface area contributed by atoms with E-state index in [1.165, 1.54) is 0 Å². The lowest BCUT2D eigenvalue weighted by atomic mass is 9.86. The van der Waals surface area contributed by atoms with Gasteiger partial charge >= 0.3 is 5.97 Å². The van der Waals surface area contributed by atoms with Gasteiger partial charge in [0.05, 0.1) is 5.92 Å². The summed E-state index contributed by atoms with van der Waals surface area (Å²) in [6.45, 7) is 0.668. The van der Waals surface area contributed by atoms with E-state index in [2.05, 4.69) is 5.32 Å². The Morgan fingerprint density at radius 1 is 1.26 bits per heavy atom. The third kappa shape index (κ3) is 4.10. The van der Waals surface area contributed by atoms with Gasteiger partial charge < -0.3 is 10.4 Å². The Hall–Kier alpha value is -0.770. The Kier molecular flexibility index (Phi) is 5.08. The smallest absolute Gasteiger partial charge is 0.306 e. The maximum atomic E-state index is 10.9. The zero-order valence-corrected chi connectivity index (χ0v) is 12.0. The van der Waals surface area contributed by atoms with E-state index in [1.807, 2.05) is 6.07 Å². The summed E-state index contributed by atoms with van der Waals surface area (Å²) >= 11 is 12.0. The van der Waals surface area contributed by atoms with Crippen molar-refractivity contribution in [2.45, 2.75) is 38.3 Å². The lowest BCUT2D eigenvalue weighted by Gasteiger charge is -2.27. The lowest BCUT2D eigenvalue weighted by Crippen LogP contribution is -2.34. The van der Waals surface area contributed by atoms with E-state index >= 15 is 0 Å². The van der Waals surface area contributed by atoms with Crippen LogP contribution in [0.15, 0.2) is 18.2 Å². The second-order valence-corrected chi connectivity index (χ2v) is 5.85. The van der Waals surface area contributed by atoms with E-state index in [9.17, 15) is 4.79 Å². The van der Waals surface area contributed by atoms with Crippen molar-refractivity contribution in [3.63, 3.8) is 0 Å². The van der Waals surface area contributed by atoms with E-state index < -0.39 is 5.97 Å². The normalized spacial score (nSPS) is 23.3. The van der Waals surface area contributed by atoms with Gasteiger partial charge in [-0.1, -0.05) is 23.2 Å². The van der Waals surface area contributed by atoms with Crippen LogP contribution in [0.25, 0.3) is 0 Å². The summed E-state index contributed by atoms with van der Waals surface area (Å²) < 4.78 is 0. The lowest BCUT2D eigenvalue weighted by molar-refractivity contribution is -0.142. The molecular weight excluding hydrogens is 285 g/mol. The number of carboxylic acid groups (broad SMARTS) is 1. The number of hydrogen-bond acceptors (Lipinski definition) is 2. The number of rotatable bonds is 4. The molecule has 104 valence electrons. The Labute approximate surface area is 122 Å². The number of carbonyl (C=O) groups is 1. The molecule has 1 aromatic rings. The van der Waals surface area contributed by atoms with Crippen LogP contribution in [0.2, 0.25) is 10.0 Å². The van der Waals surface area contributed by atoms with Crippen LogP contribution in [0.5, 0.6) is 0 Å². The van der Waals surface area contributed by atoms with Crippen molar-refractivity contribution in [1.82, 2.24) is 5.32 Å². The Morgan fingerprint density at radius 2 is 1.95 bits per heavy atom. The number of halogens is 2. The fourth-order valence-electron chi connectivity index (χ4n) is 2.48. The van der Waals surface area contributed by atoms with Gasteiger partial charge in [0.25, 0.3) is 0 Å². The van der Waals surface area contributed by atoms with Gasteiger partial charge in [0.2, 0.25) is 0 Å². The van der Waals surface area contributed by atoms with Gasteiger partial charge in [-0.05, 0) is 49.4 Å². The number of carboxylic acids is 1. The summed E-state index contributed by atoms with van der Waals surface area (Å²) in [6.07, 6.45) is 3.29. The van der Waals surface area contributed by atoms with Crippen molar-refractivity contribution in [1.29, 1.82) is 0 Å². The molecule has 0 bridgehead atoms. The molecule has 0 aromatic heterocycles. The van der Waals surface area contributed by atoms with Gasteiger partial charge in [-0.25, -0.2) is 0 Å². The molecule has 2 N–H and O–H groups in total. The van der Waals surface area contributed by atoms with Crippen LogP contribution in [0.4, 0.5) is 0 Å². The zero-order valence-electron chi connectivity index (χ0n) is 10.5. The van der Waals surface area contributed by atoms with Gasteiger partial charge in [0, 0.05) is 22.6 Å². The van der Waals surface area contributed by atoms with Gasteiger partial charge in [-0.2, -0.15) is 0 Å². The molecule has 0 saturated heterocycles. The van der Waals surface area contributed by atoms with E-state index in [0.717, 1.165) is 31.2 Å². The van der Waals surface area contributed by atoms with E-state index in [0.29, 0.717) is 22.6 Å². The maximum absolute atomic E-state index is 10.9. The predicted molar refractivity (Wildman–Crippen MR) is 76.7 cm³/mol. The predicted octanol–water partition coefficient (Wildman–Crippen LogP) is 3.73. The average Bonchev–Trinajstić information content (AvgIpc) is 2.40. The molecule has 0 spiro atoms. The monoisotopic (exact) mass is 301 g/mol. The molecule has 0 radical (unpaired) electrons. The SMILES string of the molecule is O=C(O)C1CCC(NCc2cc(Cl)ccc2Cl)CC1. The molecular formula is C14H17Cl2NO2. The summed E-state index contributed by atoms with van der Waals surface area (Å²) in [5.74, 6) is -0.843. The summed E-state index contributed by atoms with van der Waals surface area (Å²) in [7, 11) is 0. The first kappa shape index (κ1) is 14.6. The average molecular weight is 302 g/mol. The minimum atomic E-state index is -0.670. The Balaban J connectivity index is 1.83. The number of aliphatic carboxylic acids is 1. The van der Waals surface area contributed by atoms with Crippen LogP contribution in [0, 0.1) is 5.92 Å². The van der Waals surface area contributed by atoms with Gasteiger partial charge in [0.15, 0.2) is 0 Å². The van der Waals surface area contributed by atoms with Gasteiger partial charge in [-0.15, -0.1) is 0 Å². The van der Waals surface area contributed by atoms with E-state index in [-0.39, 0.29) is 5.92 Å². The summed E-state index contributed by atoms with van der Waals surface area (Å²) in [5, 5.41) is 13.8. The Bertz CT molecular complexity index is 457. The molecule has 2 rings (SSSR count). The molecule has 1 aliphatic carbocycles. The van der Waals surface area contributed by atoms with Crippen LogP contribution < -0.4 is 5.32 Å². The highest BCUT2D eigenvalue weighted by molar-refractivity contribution is 6.33. The molecule has 0 aliphatic heterocycles. The molecule has 0 heterocycles. The highest BCUT2D eigenvalue weighted by Crippen LogP contribution is 2.25. The highest BCUT2D eigenvalue weighted by atomic mass is 35.5. The van der Waals surface area contributed by atoms with Crippen molar-refractivity contribution >= 4 is 29.2 Å². The van der Waals surface area contributed by atoms with Crippen molar-refractivity contribution in [3.05, 3.63) is 33.8 Å². The second kappa shape index (κ2) is 6.60. The molecule has 0 amide bonds. The van der Waals surface area contributed by atoms with Crippen LogP contribution in [-0.4, -0.2) is 17.1 Å². The van der Waals surface area contributed by atoms with Crippen LogP contribution in [0.3, 0.4) is 0 Å². The van der Waals surface area contributed by atoms with Crippen LogP contribution >= 0.6 is 23.2 Å². The van der Waals surface area contributed by atoms with Crippen molar-refractivity contribution < 1.29 is 9.90 Å². The molecule has 19 heavy (non-hydrogen) atoms. The Morgan fingerprint density at radius 3 is 2.58 bits per heavy atom. The molecule has 1 saturated carbocycles. The van der Waals surface area contributed by atoms with Crippen molar-refractivity contribution in [3.8, 4) is 0 Å². The molecule has 5 heteroatoms. The maximum Gasteiger partial charge on any atom is 0.306 e. The topological polar surface area (TPSA) is 49.3 Å². The third-order valence-electron chi connectivity index (χ3n) is 3.67. The summed E-state index contributed by atoms with van der Waals surface area (Å²) in [5.41, 5.74) is 0.981. The second-order valence-electron chi connectivity index (χ2n) is 5.00. The first-order chi connectivity index (χ1) is 9.06. The zero-order chi connectivity index (χ0) is 13.8. The molecule has 0 atom stereocenters. The molecule has 0 unspecified atom stereocenters. The molecule has 1 aliphatic rings.